The lowest BCUT2D eigenvalue weighted by atomic mass is 10.1. The number of anilines is 1. The van der Waals surface area contributed by atoms with Gasteiger partial charge in [-0.15, -0.1) is 0 Å². The van der Waals surface area contributed by atoms with Crippen LogP contribution in [0, 0.1) is 12.7 Å². The number of morpholine rings is 1. The molecule has 0 amide bonds. The van der Waals surface area contributed by atoms with Crippen LogP contribution in [0.4, 0.5) is 10.2 Å². The maximum Gasteiger partial charge on any atom is 0.161 e. The second-order valence-corrected chi connectivity index (χ2v) is 6.28. The Bertz CT molecular complexity index is 886. The Labute approximate surface area is 151 Å². The summed E-state index contributed by atoms with van der Waals surface area (Å²) in [5, 5.41) is 0. The average Bonchev–Trinajstić information content (AvgIpc) is 2.69. The van der Waals surface area contributed by atoms with Crippen LogP contribution in [0.3, 0.4) is 0 Å². The summed E-state index contributed by atoms with van der Waals surface area (Å²) in [5.41, 5.74) is 2.82. The van der Waals surface area contributed by atoms with Crippen LogP contribution in [-0.2, 0) is 4.74 Å². The van der Waals surface area contributed by atoms with E-state index in [0.29, 0.717) is 19.0 Å². The lowest BCUT2D eigenvalue weighted by molar-refractivity contribution is 0.0395. The van der Waals surface area contributed by atoms with E-state index in [1.54, 1.807) is 24.5 Å². The third kappa shape index (κ3) is 3.55. The molecule has 26 heavy (non-hydrogen) atoms. The molecule has 6 heteroatoms. The molecule has 0 spiro atoms. The Morgan fingerprint density at radius 1 is 1.08 bits per heavy atom. The predicted octanol–water partition coefficient (Wildman–Crippen LogP) is 3.56. The first kappa shape index (κ1) is 16.6. The summed E-state index contributed by atoms with van der Waals surface area (Å²) in [6.45, 7) is 3.98. The number of halogens is 1. The van der Waals surface area contributed by atoms with Gasteiger partial charge < -0.3 is 9.64 Å². The fraction of sp³-hybridized carbons (Fsp3) is 0.250. The number of rotatable bonds is 3. The lowest BCUT2D eigenvalue weighted by Gasteiger charge is -2.34. The maximum atomic E-state index is 13.2. The lowest BCUT2D eigenvalue weighted by Crippen LogP contribution is -2.39. The van der Waals surface area contributed by atoms with Crippen LogP contribution in [0.25, 0.3) is 11.4 Å². The van der Waals surface area contributed by atoms with Gasteiger partial charge in [0.05, 0.1) is 6.61 Å². The molecule has 5 nitrogen and oxygen atoms in total. The highest BCUT2D eigenvalue weighted by Gasteiger charge is 2.23. The fourth-order valence-corrected chi connectivity index (χ4v) is 3.08. The van der Waals surface area contributed by atoms with Crippen molar-refractivity contribution in [3.05, 3.63) is 71.9 Å². The molecule has 1 atom stereocenters. The number of pyridine rings is 1. The standard InChI is InChI=1S/C20H19FN4O/c1-14-12-19(24-20(23-14)16-6-8-22-9-7-16)25-10-11-26-18(13-25)15-2-4-17(21)5-3-15/h2-9,12,18H,10-11,13H2,1H3/t18-/m0/s1. The summed E-state index contributed by atoms with van der Waals surface area (Å²) in [6, 6.07) is 12.3. The molecular weight excluding hydrogens is 331 g/mol. The molecule has 1 saturated heterocycles. The summed E-state index contributed by atoms with van der Waals surface area (Å²) in [4.78, 5) is 15.5. The van der Waals surface area contributed by atoms with Gasteiger partial charge in [-0.2, -0.15) is 0 Å². The van der Waals surface area contributed by atoms with Gasteiger partial charge in [-0.1, -0.05) is 12.1 Å². The minimum Gasteiger partial charge on any atom is -0.370 e. The van der Waals surface area contributed by atoms with E-state index in [9.17, 15) is 4.39 Å². The Morgan fingerprint density at radius 3 is 2.62 bits per heavy atom. The molecule has 1 fully saturated rings. The molecule has 3 aromatic rings. The molecular formula is C20H19FN4O. The Hall–Kier alpha value is -2.86. The maximum absolute atomic E-state index is 13.2. The number of aryl methyl sites for hydroxylation is 1. The number of nitrogens with zero attached hydrogens (tertiary/aromatic N) is 4. The van der Waals surface area contributed by atoms with Crippen LogP contribution in [0.5, 0.6) is 0 Å². The second-order valence-electron chi connectivity index (χ2n) is 6.28. The van der Waals surface area contributed by atoms with E-state index in [4.69, 9.17) is 9.72 Å². The quantitative estimate of drug-likeness (QED) is 0.723. The summed E-state index contributed by atoms with van der Waals surface area (Å²) < 4.78 is 19.1. The van der Waals surface area contributed by atoms with Crippen molar-refractivity contribution >= 4 is 5.82 Å². The zero-order valence-corrected chi connectivity index (χ0v) is 14.5. The van der Waals surface area contributed by atoms with Crippen molar-refractivity contribution in [3.63, 3.8) is 0 Å². The van der Waals surface area contributed by atoms with Gasteiger partial charge in [-0.3, -0.25) is 4.98 Å². The number of aromatic nitrogens is 3. The van der Waals surface area contributed by atoms with Gasteiger partial charge in [0.2, 0.25) is 0 Å². The average molecular weight is 350 g/mol. The Kier molecular flexibility index (Phi) is 4.58. The van der Waals surface area contributed by atoms with Crippen LogP contribution in [0.15, 0.2) is 54.9 Å². The third-order valence-corrected chi connectivity index (χ3v) is 4.41. The highest BCUT2D eigenvalue weighted by atomic mass is 19.1. The van der Waals surface area contributed by atoms with E-state index in [-0.39, 0.29) is 11.9 Å². The highest BCUT2D eigenvalue weighted by molar-refractivity contribution is 5.57. The van der Waals surface area contributed by atoms with Crippen LogP contribution < -0.4 is 4.90 Å². The molecule has 0 bridgehead atoms. The van der Waals surface area contributed by atoms with Crippen LogP contribution in [0.2, 0.25) is 0 Å². The first-order chi connectivity index (χ1) is 12.7. The van der Waals surface area contributed by atoms with Crippen LogP contribution >= 0.6 is 0 Å². The van der Waals surface area contributed by atoms with E-state index in [0.717, 1.165) is 29.2 Å². The molecule has 2 aromatic heterocycles. The van der Waals surface area contributed by atoms with E-state index < -0.39 is 0 Å². The molecule has 4 rings (SSSR count). The number of hydrogen-bond acceptors (Lipinski definition) is 5. The van der Waals surface area contributed by atoms with Crippen molar-refractivity contribution in [3.8, 4) is 11.4 Å². The third-order valence-electron chi connectivity index (χ3n) is 4.41. The summed E-state index contributed by atoms with van der Waals surface area (Å²) in [6.07, 6.45) is 3.36. The van der Waals surface area contributed by atoms with Gasteiger partial charge in [0, 0.05) is 42.8 Å². The van der Waals surface area contributed by atoms with Gasteiger partial charge in [0.25, 0.3) is 0 Å². The highest BCUT2D eigenvalue weighted by Crippen LogP contribution is 2.27. The minimum absolute atomic E-state index is 0.107. The smallest absolute Gasteiger partial charge is 0.161 e. The van der Waals surface area contributed by atoms with Crippen molar-refractivity contribution in [2.24, 2.45) is 0 Å². The number of hydrogen-bond donors (Lipinski definition) is 0. The van der Waals surface area contributed by atoms with Crippen LogP contribution in [0.1, 0.15) is 17.4 Å². The van der Waals surface area contributed by atoms with Crippen molar-refractivity contribution in [2.75, 3.05) is 24.6 Å². The molecule has 3 heterocycles. The van der Waals surface area contributed by atoms with Gasteiger partial charge in [-0.05, 0) is 36.8 Å². The molecule has 0 radical (unpaired) electrons. The zero-order valence-electron chi connectivity index (χ0n) is 14.5. The van der Waals surface area contributed by atoms with E-state index in [1.807, 2.05) is 25.1 Å². The first-order valence-corrected chi connectivity index (χ1v) is 8.57. The zero-order chi connectivity index (χ0) is 17.9. The first-order valence-electron chi connectivity index (χ1n) is 8.57. The van der Waals surface area contributed by atoms with Crippen molar-refractivity contribution in [2.45, 2.75) is 13.0 Å². The summed E-state index contributed by atoms with van der Waals surface area (Å²) in [5.74, 6) is 1.32. The van der Waals surface area contributed by atoms with Crippen molar-refractivity contribution < 1.29 is 9.13 Å². The van der Waals surface area contributed by atoms with E-state index in [2.05, 4.69) is 14.9 Å². The van der Waals surface area contributed by atoms with E-state index in [1.165, 1.54) is 12.1 Å². The largest absolute Gasteiger partial charge is 0.370 e. The molecule has 0 aliphatic carbocycles. The SMILES string of the molecule is Cc1cc(N2CCO[C@H](c3ccc(F)cc3)C2)nc(-c2ccncc2)n1. The van der Waals surface area contributed by atoms with Gasteiger partial charge in [-0.25, -0.2) is 14.4 Å². The predicted molar refractivity (Wildman–Crippen MR) is 97.3 cm³/mol. The number of benzene rings is 1. The van der Waals surface area contributed by atoms with Gasteiger partial charge in [0.1, 0.15) is 17.7 Å². The molecule has 1 aromatic carbocycles. The normalized spacial score (nSPS) is 17.3. The Balaban J connectivity index is 1.60. The minimum atomic E-state index is -0.241. The van der Waals surface area contributed by atoms with Gasteiger partial charge >= 0.3 is 0 Å². The molecule has 0 saturated carbocycles. The Morgan fingerprint density at radius 2 is 1.85 bits per heavy atom. The van der Waals surface area contributed by atoms with Gasteiger partial charge in [0.15, 0.2) is 5.82 Å². The molecule has 132 valence electrons. The molecule has 0 unspecified atom stereocenters. The second kappa shape index (κ2) is 7.17. The monoisotopic (exact) mass is 350 g/mol. The molecule has 1 aliphatic rings. The summed E-state index contributed by atoms with van der Waals surface area (Å²) >= 11 is 0. The topological polar surface area (TPSA) is 51.1 Å². The van der Waals surface area contributed by atoms with E-state index >= 15 is 0 Å². The van der Waals surface area contributed by atoms with Crippen molar-refractivity contribution in [1.82, 2.24) is 15.0 Å². The fourth-order valence-electron chi connectivity index (χ4n) is 3.08. The molecule has 1 aliphatic heterocycles. The van der Waals surface area contributed by atoms with Crippen molar-refractivity contribution in [1.29, 1.82) is 0 Å². The van der Waals surface area contributed by atoms with Crippen LogP contribution in [-0.4, -0.2) is 34.6 Å². The molecule has 0 N–H and O–H groups in total. The number of ether oxygens (including phenoxy) is 1. The summed E-state index contributed by atoms with van der Waals surface area (Å²) in [7, 11) is 0.